The van der Waals surface area contributed by atoms with Gasteiger partial charge in [-0.3, -0.25) is 4.79 Å². The van der Waals surface area contributed by atoms with Crippen LogP contribution in [0.15, 0.2) is 24.4 Å². The molecule has 5 rings (SSSR count). The quantitative estimate of drug-likeness (QED) is 0.553. The Labute approximate surface area is 203 Å². The normalized spacial score (nSPS) is 22.2. The molecule has 10 heteroatoms. The van der Waals surface area contributed by atoms with E-state index in [0.29, 0.717) is 17.3 Å². The van der Waals surface area contributed by atoms with Crippen LogP contribution in [0, 0.1) is 0 Å². The zero-order valence-corrected chi connectivity index (χ0v) is 20.3. The third kappa shape index (κ3) is 4.35. The first-order chi connectivity index (χ1) is 16.5. The van der Waals surface area contributed by atoms with Gasteiger partial charge in [-0.2, -0.15) is 0 Å². The van der Waals surface area contributed by atoms with Crippen molar-refractivity contribution in [3.8, 4) is 0 Å². The van der Waals surface area contributed by atoms with E-state index >= 15 is 0 Å². The number of pyridine rings is 1. The summed E-state index contributed by atoms with van der Waals surface area (Å²) in [5.41, 5.74) is 9.45. The van der Waals surface area contributed by atoms with E-state index in [2.05, 4.69) is 26.5 Å². The predicted molar refractivity (Wildman–Crippen MR) is 131 cm³/mol. The fourth-order valence-corrected chi connectivity index (χ4v) is 5.18. The number of nitrogens with two attached hydrogens (primary N) is 1. The average Bonchev–Trinajstić information content (AvgIpc) is 3.37. The number of aryl methyl sites for hydroxylation is 2. The number of hydrogen-bond acceptors (Lipinski definition) is 7. The number of aromatic nitrogens is 4. The molecule has 3 atom stereocenters. The van der Waals surface area contributed by atoms with Crippen LogP contribution in [0.2, 0.25) is 5.02 Å². The Hall–Kier alpha value is -2.75. The maximum absolute atomic E-state index is 12.9. The van der Waals surface area contributed by atoms with Gasteiger partial charge in [-0.05, 0) is 50.8 Å². The van der Waals surface area contributed by atoms with Crippen molar-refractivity contribution in [1.82, 2.24) is 25.1 Å². The number of carbonyl (C=O) groups excluding carboxylic acids is 1. The summed E-state index contributed by atoms with van der Waals surface area (Å²) in [7, 11) is 0. The number of rotatable bonds is 6. The SMILES string of the molecule is CCOC1CN(c2ccc3c(n2)CCC(NC(=O)c2cc4c(Cl)cn(CC)c4nn2)C3)CC1N. The maximum atomic E-state index is 12.9. The fourth-order valence-electron chi connectivity index (χ4n) is 4.93. The van der Waals surface area contributed by atoms with Gasteiger partial charge in [0.1, 0.15) is 5.82 Å². The van der Waals surface area contributed by atoms with Crippen LogP contribution in [0.4, 0.5) is 5.82 Å². The van der Waals surface area contributed by atoms with Crippen molar-refractivity contribution in [2.24, 2.45) is 5.73 Å². The van der Waals surface area contributed by atoms with Gasteiger partial charge in [0, 0.05) is 49.6 Å². The molecule has 4 heterocycles. The van der Waals surface area contributed by atoms with Gasteiger partial charge in [0.2, 0.25) is 0 Å². The summed E-state index contributed by atoms with van der Waals surface area (Å²) in [5, 5.41) is 12.8. The molecule has 0 saturated carbocycles. The van der Waals surface area contributed by atoms with E-state index in [1.807, 2.05) is 30.7 Å². The van der Waals surface area contributed by atoms with Crippen molar-refractivity contribution in [2.75, 3.05) is 24.6 Å². The molecule has 9 nitrogen and oxygen atoms in total. The van der Waals surface area contributed by atoms with Gasteiger partial charge in [-0.25, -0.2) is 4.98 Å². The average molecular weight is 484 g/mol. The second kappa shape index (κ2) is 9.48. The molecule has 3 aromatic rings. The van der Waals surface area contributed by atoms with E-state index < -0.39 is 0 Å². The minimum absolute atomic E-state index is 0.00453. The van der Waals surface area contributed by atoms with Crippen LogP contribution in [0.25, 0.3) is 11.0 Å². The third-order valence-electron chi connectivity index (χ3n) is 6.74. The van der Waals surface area contributed by atoms with Crippen LogP contribution in [0.5, 0.6) is 0 Å². The number of amides is 1. The van der Waals surface area contributed by atoms with E-state index in [9.17, 15) is 4.79 Å². The lowest BCUT2D eigenvalue weighted by atomic mass is 9.91. The van der Waals surface area contributed by atoms with Crippen LogP contribution in [-0.4, -0.2) is 63.5 Å². The van der Waals surface area contributed by atoms with E-state index in [1.54, 1.807) is 6.07 Å². The Morgan fingerprint density at radius 3 is 2.94 bits per heavy atom. The van der Waals surface area contributed by atoms with E-state index in [-0.39, 0.29) is 29.8 Å². The lowest BCUT2D eigenvalue weighted by Crippen LogP contribution is -2.39. The first-order valence-corrected chi connectivity index (χ1v) is 12.3. The van der Waals surface area contributed by atoms with Gasteiger partial charge in [-0.15, -0.1) is 10.2 Å². The summed E-state index contributed by atoms with van der Waals surface area (Å²) in [6.07, 6.45) is 4.21. The molecule has 0 bridgehead atoms. The standard InChI is InChI=1S/C24H30ClN7O2/c1-3-31-11-17(25)16-10-20(29-30-23(16)31)24(33)27-15-6-7-19-14(9-15)5-8-22(28-19)32-12-18(26)21(13-32)34-4-2/h5,8,10-11,15,18,21H,3-4,6-7,9,12-13,26H2,1-2H3,(H,27,33). The zero-order chi connectivity index (χ0) is 23.8. The summed E-state index contributed by atoms with van der Waals surface area (Å²) in [5.74, 6) is 0.708. The molecule has 34 heavy (non-hydrogen) atoms. The molecule has 1 saturated heterocycles. The molecule has 3 unspecified atom stereocenters. The van der Waals surface area contributed by atoms with Crippen molar-refractivity contribution in [1.29, 1.82) is 0 Å². The number of nitrogens with one attached hydrogen (secondary N) is 1. The van der Waals surface area contributed by atoms with Crippen molar-refractivity contribution < 1.29 is 9.53 Å². The fraction of sp³-hybridized carbons (Fsp3) is 0.500. The Bertz CT molecular complexity index is 1210. The van der Waals surface area contributed by atoms with Gasteiger partial charge >= 0.3 is 0 Å². The highest BCUT2D eigenvalue weighted by atomic mass is 35.5. The van der Waals surface area contributed by atoms with Crippen LogP contribution in [0.1, 0.15) is 42.0 Å². The van der Waals surface area contributed by atoms with E-state index in [4.69, 9.17) is 27.1 Å². The molecule has 2 aliphatic rings. The summed E-state index contributed by atoms with van der Waals surface area (Å²) >= 11 is 6.33. The second-order valence-electron chi connectivity index (χ2n) is 8.98. The molecule has 1 aliphatic carbocycles. The number of hydrogen-bond donors (Lipinski definition) is 2. The van der Waals surface area contributed by atoms with Gasteiger partial charge in [0.25, 0.3) is 5.91 Å². The molecule has 0 spiro atoms. The zero-order valence-electron chi connectivity index (χ0n) is 19.5. The largest absolute Gasteiger partial charge is 0.375 e. The minimum atomic E-state index is -0.235. The highest BCUT2D eigenvalue weighted by molar-refractivity contribution is 6.35. The maximum Gasteiger partial charge on any atom is 0.272 e. The monoisotopic (exact) mass is 483 g/mol. The van der Waals surface area contributed by atoms with Crippen molar-refractivity contribution in [3.63, 3.8) is 0 Å². The highest BCUT2D eigenvalue weighted by Gasteiger charge is 2.32. The van der Waals surface area contributed by atoms with Crippen LogP contribution < -0.4 is 16.0 Å². The Morgan fingerprint density at radius 1 is 1.29 bits per heavy atom. The van der Waals surface area contributed by atoms with E-state index in [1.165, 1.54) is 0 Å². The van der Waals surface area contributed by atoms with Crippen molar-refractivity contribution in [3.05, 3.63) is 46.4 Å². The Balaban J connectivity index is 1.25. The molecule has 1 fully saturated rings. The lowest BCUT2D eigenvalue weighted by Gasteiger charge is -2.26. The molecule has 0 aromatic carbocycles. The van der Waals surface area contributed by atoms with E-state index in [0.717, 1.165) is 61.4 Å². The van der Waals surface area contributed by atoms with Gasteiger partial charge in [0.05, 0.1) is 17.2 Å². The van der Waals surface area contributed by atoms with Crippen LogP contribution in [-0.2, 0) is 24.1 Å². The number of nitrogens with zero attached hydrogens (tertiary/aromatic N) is 5. The minimum Gasteiger partial charge on any atom is -0.375 e. The molecular weight excluding hydrogens is 454 g/mol. The highest BCUT2D eigenvalue weighted by Crippen LogP contribution is 2.27. The number of halogens is 1. The Kier molecular flexibility index (Phi) is 6.42. The van der Waals surface area contributed by atoms with Gasteiger partial charge in [0.15, 0.2) is 11.3 Å². The number of ether oxygens (including phenoxy) is 1. The topological polar surface area (TPSA) is 111 Å². The molecule has 180 valence electrons. The van der Waals surface area contributed by atoms with Crippen molar-refractivity contribution >= 4 is 34.4 Å². The second-order valence-corrected chi connectivity index (χ2v) is 9.39. The van der Waals surface area contributed by atoms with Crippen LogP contribution in [0.3, 0.4) is 0 Å². The smallest absolute Gasteiger partial charge is 0.272 e. The first-order valence-electron chi connectivity index (χ1n) is 11.9. The summed E-state index contributed by atoms with van der Waals surface area (Å²) in [6, 6.07) is 5.89. The third-order valence-corrected chi connectivity index (χ3v) is 7.05. The van der Waals surface area contributed by atoms with Gasteiger partial charge in [-0.1, -0.05) is 17.7 Å². The molecule has 3 N–H and O–H groups in total. The molecule has 1 aliphatic heterocycles. The molecule has 3 aromatic heterocycles. The number of fused-ring (bicyclic) bond motifs is 2. The predicted octanol–water partition coefficient (Wildman–Crippen LogP) is 2.34. The lowest BCUT2D eigenvalue weighted by molar-refractivity contribution is 0.0680. The summed E-state index contributed by atoms with van der Waals surface area (Å²) in [6.45, 7) is 6.90. The van der Waals surface area contributed by atoms with Crippen molar-refractivity contribution in [2.45, 2.75) is 57.8 Å². The Morgan fingerprint density at radius 2 is 2.15 bits per heavy atom. The number of carbonyl (C=O) groups is 1. The first kappa shape index (κ1) is 23.0. The molecule has 1 amide bonds. The number of anilines is 1. The summed E-state index contributed by atoms with van der Waals surface area (Å²) in [4.78, 5) is 20.0. The molecule has 0 radical (unpaired) electrons. The molecular formula is C24H30ClN7O2. The van der Waals surface area contributed by atoms with Crippen LogP contribution >= 0.6 is 11.6 Å². The summed E-state index contributed by atoms with van der Waals surface area (Å²) < 4.78 is 7.67. The van der Waals surface area contributed by atoms with Gasteiger partial charge < -0.3 is 25.3 Å².